The molecule has 0 radical (unpaired) electrons. The predicted octanol–water partition coefficient (Wildman–Crippen LogP) is 1.68. The van der Waals surface area contributed by atoms with Gasteiger partial charge in [-0.25, -0.2) is 0 Å². The van der Waals surface area contributed by atoms with Crippen molar-refractivity contribution in [1.29, 1.82) is 0 Å². The van der Waals surface area contributed by atoms with Gasteiger partial charge in [-0.05, 0) is 12.8 Å². The van der Waals surface area contributed by atoms with Gasteiger partial charge in [-0.3, -0.25) is 9.69 Å². The molecule has 1 saturated heterocycles. The van der Waals surface area contributed by atoms with Gasteiger partial charge in [0.15, 0.2) is 0 Å². The van der Waals surface area contributed by atoms with Crippen LogP contribution in [0.3, 0.4) is 0 Å². The van der Waals surface area contributed by atoms with Crippen LogP contribution < -0.4 is 0 Å². The van der Waals surface area contributed by atoms with Gasteiger partial charge >= 0.3 is 5.97 Å². The second-order valence-corrected chi connectivity index (χ2v) is 5.07. The van der Waals surface area contributed by atoms with Gasteiger partial charge < -0.3 is 5.11 Å². The van der Waals surface area contributed by atoms with E-state index in [9.17, 15) is 4.79 Å². The summed E-state index contributed by atoms with van der Waals surface area (Å²) in [6, 6.07) is -0.273. The standard InChI is InChI=1S/C10H19NO2S/c1-3-8-7-11(5-6-14-8)9(4-2)10(12)13/h8-9H,3-7H2,1-2H3,(H,12,13)/t8-,9+/m1/s1. The maximum atomic E-state index is 11.0. The highest BCUT2D eigenvalue weighted by Gasteiger charge is 2.28. The highest BCUT2D eigenvalue weighted by atomic mass is 32.2. The van der Waals surface area contributed by atoms with E-state index >= 15 is 0 Å². The molecule has 0 bridgehead atoms. The van der Waals surface area contributed by atoms with E-state index in [1.165, 1.54) is 0 Å². The molecule has 3 nitrogen and oxygen atoms in total. The normalized spacial score (nSPS) is 26.0. The van der Waals surface area contributed by atoms with Gasteiger partial charge in [0.2, 0.25) is 0 Å². The van der Waals surface area contributed by atoms with E-state index < -0.39 is 5.97 Å². The molecule has 1 heterocycles. The fourth-order valence-electron chi connectivity index (χ4n) is 1.86. The fraction of sp³-hybridized carbons (Fsp3) is 0.900. The molecule has 0 aromatic carbocycles. The van der Waals surface area contributed by atoms with Crippen LogP contribution in [0, 0.1) is 0 Å². The Morgan fingerprint density at radius 2 is 2.36 bits per heavy atom. The molecule has 2 atom stereocenters. The zero-order chi connectivity index (χ0) is 10.6. The summed E-state index contributed by atoms with van der Waals surface area (Å²) in [7, 11) is 0. The SMILES string of the molecule is CC[C@@H]1CN([C@@H](CC)C(=O)O)CCS1. The molecular formula is C10H19NO2S. The van der Waals surface area contributed by atoms with Crippen LogP contribution in [0.1, 0.15) is 26.7 Å². The number of nitrogens with zero attached hydrogens (tertiary/aromatic N) is 1. The van der Waals surface area contributed by atoms with E-state index in [2.05, 4.69) is 11.8 Å². The second kappa shape index (κ2) is 5.61. The third-order valence-corrected chi connectivity index (χ3v) is 4.11. The molecule has 4 heteroatoms. The minimum Gasteiger partial charge on any atom is -0.480 e. The van der Waals surface area contributed by atoms with Crippen molar-refractivity contribution in [3.63, 3.8) is 0 Å². The van der Waals surface area contributed by atoms with Gasteiger partial charge in [-0.1, -0.05) is 13.8 Å². The summed E-state index contributed by atoms with van der Waals surface area (Å²) in [4.78, 5) is 13.1. The molecule has 82 valence electrons. The Hall–Kier alpha value is -0.220. The summed E-state index contributed by atoms with van der Waals surface area (Å²) in [6.45, 7) is 5.97. The van der Waals surface area contributed by atoms with Crippen LogP contribution in [0.15, 0.2) is 0 Å². The maximum absolute atomic E-state index is 11.0. The van der Waals surface area contributed by atoms with Crippen LogP contribution in [0.25, 0.3) is 0 Å². The molecule has 1 fully saturated rings. The Labute approximate surface area is 89.9 Å². The number of hydrogen-bond donors (Lipinski definition) is 1. The quantitative estimate of drug-likeness (QED) is 0.778. The summed E-state index contributed by atoms with van der Waals surface area (Å²) < 4.78 is 0. The monoisotopic (exact) mass is 217 g/mol. The summed E-state index contributed by atoms with van der Waals surface area (Å²) in [6.07, 6.45) is 1.84. The topological polar surface area (TPSA) is 40.5 Å². The van der Waals surface area contributed by atoms with Crippen LogP contribution in [-0.4, -0.2) is 46.1 Å². The molecule has 0 saturated carbocycles. The van der Waals surface area contributed by atoms with Crippen LogP contribution in [-0.2, 0) is 4.79 Å². The highest BCUT2D eigenvalue weighted by molar-refractivity contribution is 8.00. The van der Waals surface area contributed by atoms with Crippen LogP contribution in [0.4, 0.5) is 0 Å². The zero-order valence-corrected chi connectivity index (χ0v) is 9.72. The molecule has 0 unspecified atom stereocenters. The zero-order valence-electron chi connectivity index (χ0n) is 8.90. The summed E-state index contributed by atoms with van der Waals surface area (Å²) in [5.41, 5.74) is 0. The van der Waals surface area contributed by atoms with Crippen molar-refractivity contribution in [3.05, 3.63) is 0 Å². The Bertz CT molecular complexity index is 199. The van der Waals surface area contributed by atoms with E-state index in [0.717, 1.165) is 25.3 Å². The lowest BCUT2D eigenvalue weighted by Crippen LogP contribution is -2.47. The van der Waals surface area contributed by atoms with Gasteiger partial charge in [0.25, 0.3) is 0 Å². The van der Waals surface area contributed by atoms with Crippen molar-refractivity contribution in [2.75, 3.05) is 18.8 Å². The first-order valence-electron chi connectivity index (χ1n) is 5.27. The predicted molar refractivity (Wildman–Crippen MR) is 59.8 cm³/mol. The minimum absolute atomic E-state index is 0.273. The van der Waals surface area contributed by atoms with E-state index in [-0.39, 0.29) is 6.04 Å². The average Bonchev–Trinajstić information content (AvgIpc) is 2.19. The van der Waals surface area contributed by atoms with E-state index in [1.807, 2.05) is 18.7 Å². The number of thioether (sulfide) groups is 1. The van der Waals surface area contributed by atoms with Crippen molar-refractivity contribution >= 4 is 17.7 Å². The average molecular weight is 217 g/mol. The number of aliphatic carboxylic acids is 1. The molecule has 1 N–H and O–H groups in total. The lowest BCUT2D eigenvalue weighted by atomic mass is 10.1. The Morgan fingerprint density at radius 3 is 2.86 bits per heavy atom. The smallest absolute Gasteiger partial charge is 0.320 e. The summed E-state index contributed by atoms with van der Waals surface area (Å²) in [5.74, 6) is 0.400. The number of rotatable bonds is 4. The third-order valence-electron chi connectivity index (χ3n) is 2.74. The lowest BCUT2D eigenvalue weighted by Gasteiger charge is -2.35. The first kappa shape index (κ1) is 11.9. The van der Waals surface area contributed by atoms with Crippen molar-refractivity contribution < 1.29 is 9.90 Å². The van der Waals surface area contributed by atoms with Gasteiger partial charge in [0.1, 0.15) is 6.04 Å². The molecule has 0 amide bonds. The number of carboxylic acids is 1. The highest BCUT2D eigenvalue weighted by Crippen LogP contribution is 2.23. The third kappa shape index (κ3) is 2.89. The van der Waals surface area contributed by atoms with E-state index in [1.54, 1.807) is 0 Å². The van der Waals surface area contributed by atoms with E-state index in [0.29, 0.717) is 11.7 Å². The molecule has 14 heavy (non-hydrogen) atoms. The Morgan fingerprint density at radius 1 is 1.64 bits per heavy atom. The number of carbonyl (C=O) groups is 1. The molecule has 0 aromatic rings. The van der Waals surface area contributed by atoms with Crippen molar-refractivity contribution in [2.24, 2.45) is 0 Å². The Balaban J connectivity index is 2.53. The lowest BCUT2D eigenvalue weighted by molar-refractivity contribution is -0.143. The first-order valence-corrected chi connectivity index (χ1v) is 6.32. The van der Waals surface area contributed by atoms with Gasteiger partial charge in [0, 0.05) is 24.1 Å². The summed E-state index contributed by atoms with van der Waals surface area (Å²) in [5, 5.41) is 9.66. The van der Waals surface area contributed by atoms with Crippen LogP contribution >= 0.6 is 11.8 Å². The molecule has 1 aliphatic heterocycles. The van der Waals surface area contributed by atoms with Gasteiger partial charge in [-0.15, -0.1) is 0 Å². The maximum Gasteiger partial charge on any atom is 0.320 e. The Kier molecular flexibility index (Phi) is 4.75. The van der Waals surface area contributed by atoms with Crippen LogP contribution in [0.5, 0.6) is 0 Å². The molecule has 0 aromatic heterocycles. The second-order valence-electron chi connectivity index (χ2n) is 3.66. The molecule has 1 rings (SSSR count). The van der Waals surface area contributed by atoms with Crippen LogP contribution in [0.2, 0.25) is 0 Å². The minimum atomic E-state index is -0.672. The van der Waals surface area contributed by atoms with Crippen molar-refractivity contribution in [1.82, 2.24) is 4.90 Å². The first-order chi connectivity index (χ1) is 6.69. The van der Waals surface area contributed by atoms with Crippen molar-refractivity contribution in [2.45, 2.75) is 38.0 Å². The van der Waals surface area contributed by atoms with E-state index in [4.69, 9.17) is 5.11 Å². The van der Waals surface area contributed by atoms with Crippen molar-refractivity contribution in [3.8, 4) is 0 Å². The largest absolute Gasteiger partial charge is 0.480 e. The van der Waals surface area contributed by atoms with Gasteiger partial charge in [-0.2, -0.15) is 11.8 Å². The molecule has 0 aliphatic carbocycles. The molecular weight excluding hydrogens is 198 g/mol. The fourth-order valence-corrected chi connectivity index (χ4v) is 3.07. The number of hydrogen-bond acceptors (Lipinski definition) is 3. The summed E-state index contributed by atoms with van der Waals surface area (Å²) >= 11 is 1.97. The molecule has 0 spiro atoms. The number of carboxylic acid groups (broad SMARTS) is 1. The molecule has 1 aliphatic rings. The van der Waals surface area contributed by atoms with Gasteiger partial charge in [0.05, 0.1) is 0 Å².